The molecule has 1 aromatic rings. The molecule has 0 saturated heterocycles. The fourth-order valence-electron chi connectivity index (χ4n) is 0.806. The molecule has 0 bridgehead atoms. The van der Waals surface area contributed by atoms with E-state index in [4.69, 9.17) is 0 Å². The summed E-state index contributed by atoms with van der Waals surface area (Å²) >= 11 is 0. The summed E-state index contributed by atoms with van der Waals surface area (Å²) in [5.74, 6) is -0.151. The normalized spacial score (nSPS) is 9.23. The highest BCUT2D eigenvalue weighted by molar-refractivity contribution is 5.93. The maximum atomic E-state index is 11.3. The topological polar surface area (TPSA) is 54.9 Å². The van der Waals surface area contributed by atoms with Crippen LogP contribution in [0.3, 0.4) is 0 Å². The maximum Gasteiger partial charge on any atom is 0.254 e. The summed E-state index contributed by atoms with van der Waals surface area (Å²) in [6.45, 7) is 4.15. The van der Waals surface area contributed by atoms with Crippen molar-refractivity contribution in [2.24, 2.45) is 0 Å². The smallest absolute Gasteiger partial charge is 0.254 e. The van der Waals surface area contributed by atoms with Crippen molar-refractivity contribution < 1.29 is 4.79 Å². The van der Waals surface area contributed by atoms with Crippen LogP contribution < -0.4 is 5.32 Å². The van der Waals surface area contributed by atoms with E-state index < -0.39 is 0 Å². The largest absolute Gasteiger partial charge is 0.352 e. The summed E-state index contributed by atoms with van der Waals surface area (Å²) in [6, 6.07) is 0. The highest BCUT2D eigenvalue weighted by Gasteiger charge is 2.02. The number of carbonyl (C=O) groups excluding carboxylic acids is 1. The lowest BCUT2D eigenvalue weighted by molar-refractivity contribution is 0.0953. The van der Waals surface area contributed by atoms with Crippen LogP contribution in [-0.4, -0.2) is 22.4 Å². The van der Waals surface area contributed by atoms with Crippen molar-refractivity contribution in [2.45, 2.75) is 6.42 Å². The molecule has 1 amide bonds. The van der Waals surface area contributed by atoms with Crippen molar-refractivity contribution in [3.8, 4) is 0 Å². The van der Waals surface area contributed by atoms with Gasteiger partial charge in [0.05, 0.1) is 5.56 Å². The number of hydrogen-bond donors (Lipinski definition) is 1. The molecular formula is C9H11N3O. The summed E-state index contributed by atoms with van der Waals surface area (Å²) in [7, 11) is 0. The molecule has 4 nitrogen and oxygen atoms in total. The molecule has 0 saturated carbocycles. The van der Waals surface area contributed by atoms with Crippen molar-refractivity contribution in [1.82, 2.24) is 15.3 Å². The Morgan fingerprint density at radius 3 is 2.85 bits per heavy atom. The molecule has 0 fully saturated rings. The third kappa shape index (κ3) is 3.02. The van der Waals surface area contributed by atoms with Crippen LogP contribution in [0.2, 0.25) is 0 Å². The number of nitrogens with one attached hydrogen (secondary N) is 1. The van der Waals surface area contributed by atoms with E-state index >= 15 is 0 Å². The monoisotopic (exact) mass is 177 g/mol. The molecule has 0 radical (unpaired) electrons. The van der Waals surface area contributed by atoms with Gasteiger partial charge in [0.25, 0.3) is 5.91 Å². The Kier molecular flexibility index (Phi) is 3.63. The van der Waals surface area contributed by atoms with E-state index in [-0.39, 0.29) is 5.91 Å². The SMILES string of the molecule is C=CCCNC(=O)c1cncnc1. The van der Waals surface area contributed by atoms with Crippen LogP contribution in [0.15, 0.2) is 31.4 Å². The van der Waals surface area contributed by atoms with Crippen LogP contribution in [0.1, 0.15) is 16.8 Å². The number of hydrogen-bond acceptors (Lipinski definition) is 3. The van der Waals surface area contributed by atoms with Crippen molar-refractivity contribution in [3.05, 3.63) is 36.9 Å². The van der Waals surface area contributed by atoms with Gasteiger partial charge in [-0.25, -0.2) is 9.97 Å². The summed E-state index contributed by atoms with van der Waals surface area (Å²) < 4.78 is 0. The third-order valence-corrected chi connectivity index (χ3v) is 1.46. The van der Waals surface area contributed by atoms with Crippen LogP contribution in [-0.2, 0) is 0 Å². The highest BCUT2D eigenvalue weighted by Crippen LogP contribution is 1.92. The second-order valence-corrected chi connectivity index (χ2v) is 2.46. The van der Waals surface area contributed by atoms with Gasteiger partial charge in [0.15, 0.2) is 0 Å². The molecule has 0 atom stereocenters. The average molecular weight is 177 g/mol. The minimum atomic E-state index is -0.151. The van der Waals surface area contributed by atoms with Crippen molar-refractivity contribution in [3.63, 3.8) is 0 Å². The summed E-state index contributed by atoms with van der Waals surface area (Å²) in [6.07, 6.45) is 6.87. The van der Waals surface area contributed by atoms with Gasteiger partial charge in [0.2, 0.25) is 0 Å². The minimum Gasteiger partial charge on any atom is -0.352 e. The molecule has 0 aliphatic rings. The second-order valence-electron chi connectivity index (χ2n) is 2.46. The van der Waals surface area contributed by atoms with Crippen molar-refractivity contribution in [1.29, 1.82) is 0 Å². The van der Waals surface area contributed by atoms with E-state index in [9.17, 15) is 4.79 Å². The summed E-state index contributed by atoms with van der Waals surface area (Å²) in [5, 5.41) is 2.71. The molecule has 0 aromatic carbocycles. The van der Waals surface area contributed by atoms with E-state index in [0.29, 0.717) is 12.1 Å². The zero-order chi connectivity index (χ0) is 9.52. The molecule has 1 aromatic heterocycles. The van der Waals surface area contributed by atoms with Gasteiger partial charge in [-0.15, -0.1) is 6.58 Å². The summed E-state index contributed by atoms with van der Waals surface area (Å²) in [4.78, 5) is 18.8. The fraction of sp³-hybridized carbons (Fsp3) is 0.222. The van der Waals surface area contributed by atoms with Gasteiger partial charge in [-0.2, -0.15) is 0 Å². The van der Waals surface area contributed by atoms with Gasteiger partial charge in [0, 0.05) is 18.9 Å². The number of amides is 1. The third-order valence-electron chi connectivity index (χ3n) is 1.46. The number of aromatic nitrogens is 2. The van der Waals surface area contributed by atoms with Crippen LogP contribution in [0.25, 0.3) is 0 Å². The van der Waals surface area contributed by atoms with Gasteiger partial charge in [-0.3, -0.25) is 4.79 Å². The molecule has 68 valence electrons. The van der Waals surface area contributed by atoms with E-state index in [1.807, 2.05) is 0 Å². The molecule has 0 aliphatic heterocycles. The van der Waals surface area contributed by atoms with E-state index in [2.05, 4.69) is 21.9 Å². The Hall–Kier alpha value is -1.71. The lowest BCUT2D eigenvalue weighted by Crippen LogP contribution is -2.24. The second kappa shape index (κ2) is 5.03. The standard InChI is InChI=1S/C9H11N3O/c1-2-3-4-12-9(13)8-5-10-7-11-6-8/h2,5-7H,1,3-4H2,(H,12,13). The van der Waals surface area contributed by atoms with Crippen molar-refractivity contribution in [2.75, 3.05) is 6.54 Å². The van der Waals surface area contributed by atoms with Gasteiger partial charge in [0.1, 0.15) is 6.33 Å². The van der Waals surface area contributed by atoms with Crippen LogP contribution in [0.4, 0.5) is 0 Å². The van der Waals surface area contributed by atoms with Crippen LogP contribution in [0.5, 0.6) is 0 Å². The molecule has 1 heterocycles. The van der Waals surface area contributed by atoms with Gasteiger partial charge < -0.3 is 5.32 Å². The fourth-order valence-corrected chi connectivity index (χ4v) is 0.806. The molecule has 13 heavy (non-hydrogen) atoms. The van der Waals surface area contributed by atoms with Gasteiger partial charge in [-0.05, 0) is 6.42 Å². The Labute approximate surface area is 76.7 Å². The first-order valence-corrected chi connectivity index (χ1v) is 3.98. The summed E-state index contributed by atoms with van der Waals surface area (Å²) in [5.41, 5.74) is 0.478. The first-order chi connectivity index (χ1) is 6.34. The highest BCUT2D eigenvalue weighted by atomic mass is 16.1. The first kappa shape index (κ1) is 9.38. The van der Waals surface area contributed by atoms with Gasteiger partial charge >= 0.3 is 0 Å². The molecule has 4 heteroatoms. The van der Waals surface area contributed by atoms with E-state index in [1.54, 1.807) is 6.08 Å². The van der Waals surface area contributed by atoms with E-state index in [0.717, 1.165) is 6.42 Å². The number of nitrogens with zero attached hydrogens (tertiary/aromatic N) is 2. The molecule has 1 rings (SSSR count). The average Bonchev–Trinajstić information content (AvgIpc) is 2.19. The van der Waals surface area contributed by atoms with Gasteiger partial charge in [-0.1, -0.05) is 6.08 Å². The zero-order valence-electron chi connectivity index (χ0n) is 7.23. The zero-order valence-corrected chi connectivity index (χ0v) is 7.23. The Morgan fingerprint density at radius 2 is 2.23 bits per heavy atom. The maximum absolute atomic E-state index is 11.3. The Morgan fingerprint density at radius 1 is 1.54 bits per heavy atom. The quantitative estimate of drug-likeness (QED) is 0.546. The Balaban J connectivity index is 2.45. The molecule has 0 spiro atoms. The van der Waals surface area contributed by atoms with E-state index in [1.165, 1.54) is 18.7 Å². The minimum absolute atomic E-state index is 0.151. The predicted octanol–water partition coefficient (Wildman–Crippen LogP) is 0.783. The predicted molar refractivity (Wildman–Crippen MR) is 49.2 cm³/mol. The molecule has 0 unspecified atom stereocenters. The van der Waals surface area contributed by atoms with Crippen LogP contribution >= 0.6 is 0 Å². The molecule has 1 N–H and O–H groups in total. The number of carbonyl (C=O) groups is 1. The van der Waals surface area contributed by atoms with Crippen LogP contribution in [0, 0.1) is 0 Å². The Bertz CT molecular complexity index is 284. The van der Waals surface area contributed by atoms with Crippen molar-refractivity contribution >= 4 is 5.91 Å². The molecule has 0 aliphatic carbocycles. The number of rotatable bonds is 4. The lowest BCUT2D eigenvalue weighted by Gasteiger charge is -2.01. The lowest BCUT2D eigenvalue weighted by atomic mass is 10.3. The first-order valence-electron chi connectivity index (χ1n) is 3.98. The molecular weight excluding hydrogens is 166 g/mol.